The number of benzene rings is 1. The number of rotatable bonds is 4. The Morgan fingerprint density at radius 3 is 2.15 bits per heavy atom. The third kappa shape index (κ3) is 3.95. The van der Waals surface area contributed by atoms with Crippen molar-refractivity contribution in [3.63, 3.8) is 0 Å². The normalized spacial score (nSPS) is 14.9. The van der Waals surface area contributed by atoms with Gasteiger partial charge >= 0.3 is 0 Å². The van der Waals surface area contributed by atoms with E-state index in [1.807, 2.05) is 36.4 Å². The van der Waals surface area contributed by atoms with Crippen LogP contribution < -0.4 is 0 Å². The first-order valence-electron chi connectivity index (χ1n) is 7.05. The number of allylic oxidation sites excluding steroid dienone is 1. The van der Waals surface area contributed by atoms with Gasteiger partial charge in [0.1, 0.15) is 21.4 Å². The second kappa shape index (κ2) is 6.13. The third-order valence-corrected chi connectivity index (χ3v) is 8.00. The summed E-state index contributed by atoms with van der Waals surface area (Å²) < 4.78 is 0. The van der Waals surface area contributed by atoms with Crippen LogP contribution >= 0.6 is 0 Å². The molecule has 0 heterocycles. The van der Waals surface area contributed by atoms with E-state index in [0.29, 0.717) is 0 Å². The molecule has 0 aromatic heterocycles. The molecule has 0 saturated heterocycles. The zero-order chi connectivity index (χ0) is 15.4. The van der Waals surface area contributed by atoms with Gasteiger partial charge in [-0.25, -0.2) is 0 Å². The molecule has 0 aliphatic rings. The molecular weight excluding hydrogens is 276 g/mol. The molecule has 0 bridgehead atoms. The maximum Gasteiger partial charge on any atom is 0.136 e. The summed E-state index contributed by atoms with van der Waals surface area (Å²) >= 11 is 0. The maximum absolute atomic E-state index is 11.4. The van der Waals surface area contributed by atoms with Gasteiger partial charge in [0.25, 0.3) is 0 Å². The second-order valence-corrected chi connectivity index (χ2v) is 16.6. The highest BCUT2D eigenvalue weighted by atomic mass is 28.3. The van der Waals surface area contributed by atoms with Crippen molar-refractivity contribution in [2.75, 3.05) is 0 Å². The molecule has 0 radical (unpaired) electrons. The highest BCUT2D eigenvalue weighted by Crippen LogP contribution is 2.34. The summed E-state index contributed by atoms with van der Waals surface area (Å²) in [5.74, 6) is 3.26. The van der Waals surface area contributed by atoms with Crippen molar-refractivity contribution in [1.29, 1.82) is 0 Å². The summed E-state index contributed by atoms with van der Waals surface area (Å²) in [5.41, 5.74) is 4.29. The highest BCUT2D eigenvalue weighted by Gasteiger charge is 2.44. The van der Waals surface area contributed by atoms with Crippen LogP contribution in [0.2, 0.25) is 38.8 Å². The largest absolute Gasteiger partial charge is 0.377 e. The van der Waals surface area contributed by atoms with Crippen LogP contribution in [0.25, 0.3) is 0 Å². The van der Waals surface area contributed by atoms with E-state index < -0.39 is 21.4 Å². The van der Waals surface area contributed by atoms with Crippen LogP contribution in [0.15, 0.2) is 43.0 Å². The fourth-order valence-corrected chi connectivity index (χ4v) is 5.14. The molecule has 20 heavy (non-hydrogen) atoms. The summed E-state index contributed by atoms with van der Waals surface area (Å²) in [6.45, 7) is 14.8. The van der Waals surface area contributed by atoms with Gasteiger partial charge in [0.2, 0.25) is 0 Å². The van der Waals surface area contributed by atoms with Crippen LogP contribution in [-0.2, 0) is 5.22 Å². The molecule has 1 unspecified atom stereocenters. The van der Waals surface area contributed by atoms with Crippen molar-refractivity contribution < 1.29 is 5.11 Å². The monoisotopic (exact) mass is 302 g/mol. The van der Waals surface area contributed by atoms with E-state index in [-0.39, 0.29) is 0 Å². The van der Waals surface area contributed by atoms with Crippen molar-refractivity contribution in [3.8, 4) is 11.5 Å². The molecule has 1 atom stereocenters. The molecule has 1 aromatic carbocycles. The molecule has 0 fully saturated rings. The van der Waals surface area contributed by atoms with Gasteiger partial charge in [-0.3, -0.25) is 0 Å². The van der Waals surface area contributed by atoms with E-state index in [9.17, 15) is 5.11 Å². The molecule has 0 saturated carbocycles. The maximum atomic E-state index is 11.4. The molecular formula is C17H26OSi2. The topological polar surface area (TPSA) is 20.2 Å². The molecule has 1 N–H and O–H groups in total. The van der Waals surface area contributed by atoms with Gasteiger partial charge in [-0.05, 0) is 11.6 Å². The Bertz CT molecular complexity index is 517. The molecule has 1 aromatic rings. The smallest absolute Gasteiger partial charge is 0.136 e. The Morgan fingerprint density at radius 1 is 1.15 bits per heavy atom. The lowest BCUT2D eigenvalue weighted by atomic mass is 10.1. The van der Waals surface area contributed by atoms with Crippen LogP contribution in [0.1, 0.15) is 5.56 Å². The predicted molar refractivity (Wildman–Crippen MR) is 93.9 cm³/mol. The number of hydrogen-bond acceptors (Lipinski definition) is 1. The Kier molecular flexibility index (Phi) is 5.20. The second-order valence-electron chi connectivity index (χ2n) is 6.95. The summed E-state index contributed by atoms with van der Waals surface area (Å²) in [6.07, 6.45) is 1.91. The summed E-state index contributed by atoms with van der Waals surface area (Å²) in [4.78, 5) is 0. The molecule has 3 heteroatoms. The van der Waals surface area contributed by atoms with Gasteiger partial charge in [0, 0.05) is 0 Å². The summed E-state index contributed by atoms with van der Waals surface area (Å²) in [7, 11) is -3.54. The van der Waals surface area contributed by atoms with E-state index in [2.05, 4.69) is 50.8 Å². The fourth-order valence-electron chi connectivity index (χ4n) is 2.10. The van der Waals surface area contributed by atoms with Crippen molar-refractivity contribution >= 4 is 16.1 Å². The van der Waals surface area contributed by atoms with Crippen molar-refractivity contribution in [1.82, 2.24) is 0 Å². The molecule has 1 nitrogen and oxygen atoms in total. The van der Waals surface area contributed by atoms with Crippen LogP contribution in [-0.4, -0.2) is 21.3 Å². The average Bonchev–Trinajstić information content (AvgIpc) is 2.36. The molecule has 0 spiro atoms. The predicted octanol–water partition coefficient (Wildman–Crippen LogP) is 4.19. The zero-order valence-corrected chi connectivity index (χ0v) is 15.3. The van der Waals surface area contributed by atoms with Gasteiger partial charge < -0.3 is 5.11 Å². The van der Waals surface area contributed by atoms with Crippen molar-refractivity contribution in [3.05, 3.63) is 48.6 Å². The molecule has 108 valence electrons. The van der Waals surface area contributed by atoms with Gasteiger partial charge in [-0.2, -0.15) is 0 Å². The average molecular weight is 303 g/mol. The Hall–Kier alpha value is -1.09. The summed E-state index contributed by atoms with van der Waals surface area (Å²) in [5, 5.41) is 10.4. The zero-order valence-electron chi connectivity index (χ0n) is 13.3. The van der Waals surface area contributed by atoms with Gasteiger partial charge in [-0.15, -0.1) is 12.1 Å². The summed E-state index contributed by atoms with van der Waals surface area (Å²) in [6, 6.07) is 10.7. The highest BCUT2D eigenvalue weighted by molar-refractivity contribution is 6.84. The lowest BCUT2D eigenvalue weighted by Crippen LogP contribution is -2.51. The first kappa shape index (κ1) is 17.0. The van der Waals surface area contributed by atoms with Gasteiger partial charge in [-0.1, -0.05) is 75.1 Å². The minimum Gasteiger partial charge on any atom is -0.377 e. The molecule has 0 aliphatic heterocycles. The quantitative estimate of drug-likeness (QED) is 0.502. The van der Waals surface area contributed by atoms with Gasteiger partial charge in [0.15, 0.2) is 0 Å². The van der Waals surface area contributed by atoms with Crippen molar-refractivity contribution in [2.45, 2.75) is 44.0 Å². The Morgan fingerprint density at radius 2 is 1.70 bits per heavy atom. The van der Waals surface area contributed by atoms with E-state index in [1.54, 1.807) is 0 Å². The van der Waals surface area contributed by atoms with Crippen LogP contribution in [0.5, 0.6) is 0 Å². The Labute approximate surface area is 125 Å². The standard InChI is InChI=1S/C17H26OSi2/c1-7-14-20(5,6)17(18,13-15-19(2,3)4)16-11-9-8-10-12-16/h7-12,18H,1,14H2,2-6H3. The minimum atomic E-state index is -2.01. The van der Waals surface area contributed by atoms with E-state index in [1.165, 1.54) is 0 Å². The van der Waals surface area contributed by atoms with E-state index in [4.69, 9.17) is 0 Å². The minimum absolute atomic E-state index is 0.846. The molecule has 1 rings (SSSR count). The fraction of sp³-hybridized carbons (Fsp3) is 0.412. The lowest BCUT2D eigenvalue weighted by Gasteiger charge is -2.37. The van der Waals surface area contributed by atoms with E-state index >= 15 is 0 Å². The van der Waals surface area contributed by atoms with Crippen LogP contribution in [0.3, 0.4) is 0 Å². The lowest BCUT2D eigenvalue weighted by molar-refractivity contribution is 0.177. The SMILES string of the molecule is C=CC[Si](C)(C)C(O)(C#C[Si](C)(C)C)c1ccccc1. The van der Waals surface area contributed by atoms with Crippen molar-refractivity contribution in [2.24, 2.45) is 0 Å². The van der Waals surface area contributed by atoms with Crippen LogP contribution in [0.4, 0.5) is 0 Å². The first-order chi connectivity index (χ1) is 9.12. The Balaban J connectivity index is 3.40. The first-order valence-corrected chi connectivity index (χ1v) is 13.8. The van der Waals surface area contributed by atoms with Crippen LogP contribution in [0, 0.1) is 11.5 Å². The molecule has 0 aliphatic carbocycles. The van der Waals surface area contributed by atoms with Gasteiger partial charge in [0.05, 0.1) is 0 Å². The third-order valence-electron chi connectivity index (χ3n) is 3.44. The number of hydrogen-bond donors (Lipinski definition) is 1. The number of aliphatic hydroxyl groups is 1. The van der Waals surface area contributed by atoms with E-state index in [0.717, 1.165) is 11.6 Å². The molecule has 0 amide bonds.